The van der Waals surface area contributed by atoms with E-state index >= 15 is 0 Å². The third kappa shape index (κ3) is 2.20. The number of thiazole rings is 1. The minimum atomic E-state index is -0.144. The smallest absolute Gasteiger partial charge is 0.307 e. The molecule has 2 aromatic rings. The molecule has 2 heterocycles. The van der Waals surface area contributed by atoms with Gasteiger partial charge in [-0.2, -0.15) is 0 Å². The molecule has 6 heteroatoms. The molecule has 0 saturated carbocycles. The Morgan fingerprint density at radius 1 is 1.27 bits per heavy atom. The molecule has 1 aromatic heterocycles. The van der Waals surface area contributed by atoms with Crippen molar-refractivity contribution in [1.29, 1.82) is 0 Å². The molecule has 1 aliphatic rings. The second kappa shape index (κ2) is 5.21. The number of anilines is 1. The van der Waals surface area contributed by atoms with E-state index < -0.39 is 0 Å². The zero-order valence-electron chi connectivity index (χ0n) is 12.7. The van der Waals surface area contributed by atoms with Gasteiger partial charge in [-0.1, -0.05) is 11.3 Å². The number of fused-ring (bicyclic) bond motifs is 1. The number of carbonyl (C=O) groups excluding carboxylic acids is 2. The van der Waals surface area contributed by atoms with Crippen molar-refractivity contribution in [2.24, 2.45) is 7.05 Å². The highest BCUT2D eigenvalue weighted by atomic mass is 32.1. The van der Waals surface area contributed by atoms with E-state index in [2.05, 4.69) is 0 Å². The van der Waals surface area contributed by atoms with Crippen molar-refractivity contribution in [3.8, 4) is 0 Å². The standard InChI is InChI=1S/C16H16N2O3S/c1-9-14(22-16(21)17(9)3)15(20)18-7-6-12-8-11(10(2)19)4-5-13(12)18/h4-5,8H,6-7H2,1-3H3. The van der Waals surface area contributed by atoms with Crippen molar-refractivity contribution in [2.45, 2.75) is 20.3 Å². The zero-order chi connectivity index (χ0) is 16.0. The van der Waals surface area contributed by atoms with Gasteiger partial charge >= 0.3 is 4.87 Å². The van der Waals surface area contributed by atoms with E-state index in [4.69, 9.17) is 0 Å². The maximum atomic E-state index is 12.7. The summed E-state index contributed by atoms with van der Waals surface area (Å²) in [5.74, 6) is -0.126. The van der Waals surface area contributed by atoms with Crippen LogP contribution in [0.25, 0.3) is 0 Å². The predicted octanol–water partition coefficient (Wildman–Crippen LogP) is 2.16. The summed E-state index contributed by atoms with van der Waals surface area (Å²) in [7, 11) is 1.67. The molecule has 0 saturated heterocycles. The van der Waals surface area contributed by atoms with Gasteiger partial charge in [-0.3, -0.25) is 14.4 Å². The van der Waals surface area contributed by atoms with Crippen LogP contribution in [0.2, 0.25) is 0 Å². The molecule has 22 heavy (non-hydrogen) atoms. The summed E-state index contributed by atoms with van der Waals surface area (Å²) in [5, 5.41) is 0. The van der Waals surface area contributed by atoms with Crippen LogP contribution >= 0.6 is 11.3 Å². The number of aromatic nitrogens is 1. The van der Waals surface area contributed by atoms with E-state index in [1.165, 1.54) is 11.5 Å². The first-order valence-corrected chi connectivity index (χ1v) is 7.84. The van der Waals surface area contributed by atoms with Gasteiger partial charge in [0.15, 0.2) is 5.78 Å². The highest BCUT2D eigenvalue weighted by molar-refractivity contribution is 7.11. The van der Waals surface area contributed by atoms with Gasteiger partial charge in [-0.25, -0.2) is 0 Å². The van der Waals surface area contributed by atoms with Crippen LogP contribution < -0.4 is 9.77 Å². The number of ketones is 1. The SMILES string of the molecule is CC(=O)c1ccc2c(c1)CCN2C(=O)c1sc(=O)n(C)c1C. The van der Waals surface area contributed by atoms with E-state index in [0.717, 1.165) is 29.0 Å². The summed E-state index contributed by atoms with van der Waals surface area (Å²) in [5.41, 5.74) is 3.18. The van der Waals surface area contributed by atoms with Gasteiger partial charge in [0.05, 0.1) is 0 Å². The minimum absolute atomic E-state index is 0.0182. The van der Waals surface area contributed by atoms with Crippen molar-refractivity contribution in [1.82, 2.24) is 4.57 Å². The molecule has 0 bridgehead atoms. The van der Waals surface area contributed by atoms with Gasteiger partial charge in [-0.05, 0) is 44.0 Å². The molecule has 0 atom stereocenters. The number of carbonyl (C=O) groups is 2. The maximum absolute atomic E-state index is 12.7. The van der Waals surface area contributed by atoms with Crippen LogP contribution in [0, 0.1) is 6.92 Å². The van der Waals surface area contributed by atoms with E-state index in [1.54, 1.807) is 24.9 Å². The van der Waals surface area contributed by atoms with Gasteiger partial charge in [-0.15, -0.1) is 0 Å². The monoisotopic (exact) mass is 316 g/mol. The largest absolute Gasteiger partial charge is 0.307 e. The summed E-state index contributed by atoms with van der Waals surface area (Å²) in [6.45, 7) is 3.89. The first-order chi connectivity index (χ1) is 10.4. The van der Waals surface area contributed by atoms with Gasteiger partial charge in [0.2, 0.25) is 0 Å². The van der Waals surface area contributed by atoms with Crippen LogP contribution in [0.4, 0.5) is 5.69 Å². The number of hydrogen-bond donors (Lipinski definition) is 0. The summed E-state index contributed by atoms with van der Waals surface area (Å²) < 4.78 is 1.49. The Balaban J connectivity index is 1.99. The number of rotatable bonds is 2. The van der Waals surface area contributed by atoms with Crippen LogP contribution in [0.3, 0.4) is 0 Å². The highest BCUT2D eigenvalue weighted by Gasteiger charge is 2.28. The lowest BCUT2D eigenvalue weighted by molar-refractivity contribution is 0.0990. The molecular weight excluding hydrogens is 300 g/mol. The first-order valence-electron chi connectivity index (χ1n) is 7.02. The number of Topliss-reactive ketones (excluding diaryl/α,β-unsaturated/α-hetero) is 1. The average Bonchev–Trinajstić information content (AvgIpc) is 3.02. The van der Waals surface area contributed by atoms with Crippen LogP contribution in [0.1, 0.15) is 38.2 Å². The molecule has 0 aliphatic carbocycles. The molecule has 0 fully saturated rings. The maximum Gasteiger partial charge on any atom is 0.307 e. The van der Waals surface area contributed by atoms with E-state index in [9.17, 15) is 14.4 Å². The quantitative estimate of drug-likeness (QED) is 0.798. The molecular formula is C16H16N2O3S. The first kappa shape index (κ1) is 14.7. The van der Waals surface area contributed by atoms with Gasteiger partial charge in [0.25, 0.3) is 5.91 Å². The summed E-state index contributed by atoms with van der Waals surface area (Å²) in [6, 6.07) is 5.41. The molecule has 1 aromatic carbocycles. The van der Waals surface area contributed by atoms with E-state index in [1.807, 2.05) is 12.1 Å². The van der Waals surface area contributed by atoms with E-state index in [0.29, 0.717) is 22.7 Å². The molecule has 1 aliphatic heterocycles. The van der Waals surface area contributed by atoms with Crippen molar-refractivity contribution < 1.29 is 9.59 Å². The molecule has 5 nitrogen and oxygen atoms in total. The van der Waals surface area contributed by atoms with Crippen molar-refractivity contribution in [3.63, 3.8) is 0 Å². The highest BCUT2D eigenvalue weighted by Crippen LogP contribution is 2.31. The van der Waals surface area contributed by atoms with Crippen LogP contribution in [-0.2, 0) is 13.5 Å². The van der Waals surface area contributed by atoms with Crippen LogP contribution in [0.5, 0.6) is 0 Å². The summed E-state index contributed by atoms with van der Waals surface area (Å²) >= 11 is 0.981. The minimum Gasteiger partial charge on any atom is -0.307 e. The number of nitrogens with zero attached hydrogens (tertiary/aromatic N) is 2. The molecule has 1 amide bonds. The van der Waals surface area contributed by atoms with Crippen LogP contribution in [0.15, 0.2) is 23.0 Å². The Morgan fingerprint density at radius 3 is 2.59 bits per heavy atom. The Hall–Kier alpha value is -2.21. The second-order valence-corrected chi connectivity index (χ2v) is 6.41. The molecule has 114 valence electrons. The third-order valence-corrected chi connectivity index (χ3v) is 5.24. The molecule has 0 spiro atoms. The lowest BCUT2D eigenvalue weighted by atomic mass is 10.1. The molecule has 0 radical (unpaired) electrons. The fourth-order valence-corrected chi connectivity index (χ4v) is 3.60. The van der Waals surface area contributed by atoms with Crippen molar-refractivity contribution in [3.05, 3.63) is 49.6 Å². The molecule has 0 unspecified atom stereocenters. The number of benzene rings is 1. The lowest BCUT2D eigenvalue weighted by Gasteiger charge is -2.17. The molecule has 0 N–H and O–H groups in total. The average molecular weight is 316 g/mol. The summed E-state index contributed by atoms with van der Waals surface area (Å²) in [6.07, 6.45) is 0.725. The van der Waals surface area contributed by atoms with Gasteiger partial charge in [0, 0.05) is 30.5 Å². The van der Waals surface area contributed by atoms with Crippen molar-refractivity contribution in [2.75, 3.05) is 11.4 Å². The zero-order valence-corrected chi connectivity index (χ0v) is 13.5. The Morgan fingerprint density at radius 2 is 2.00 bits per heavy atom. The normalized spacial score (nSPS) is 13.3. The molecule has 3 rings (SSSR count). The topological polar surface area (TPSA) is 59.4 Å². The number of amides is 1. The second-order valence-electron chi connectivity index (χ2n) is 5.45. The number of hydrogen-bond acceptors (Lipinski definition) is 4. The third-order valence-electron chi connectivity index (χ3n) is 4.12. The van der Waals surface area contributed by atoms with Crippen molar-refractivity contribution >= 4 is 28.7 Å². The fraction of sp³-hybridized carbons (Fsp3) is 0.312. The Labute approximate surface area is 131 Å². The fourth-order valence-electron chi connectivity index (χ4n) is 2.67. The Bertz CT molecular complexity index is 848. The summed E-state index contributed by atoms with van der Waals surface area (Å²) in [4.78, 5) is 37.9. The van der Waals surface area contributed by atoms with Gasteiger partial charge < -0.3 is 9.47 Å². The predicted molar refractivity (Wildman–Crippen MR) is 86.1 cm³/mol. The van der Waals surface area contributed by atoms with Crippen LogP contribution in [-0.4, -0.2) is 22.8 Å². The van der Waals surface area contributed by atoms with E-state index in [-0.39, 0.29) is 16.6 Å². The van der Waals surface area contributed by atoms with Gasteiger partial charge in [0.1, 0.15) is 4.88 Å². The lowest BCUT2D eigenvalue weighted by Crippen LogP contribution is -2.28. The Kier molecular flexibility index (Phi) is 3.48.